The van der Waals surface area contributed by atoms with Gasteiger partial charge in [0.15, 0.2) is 10.3 Å². The Morgan fingerprint density at radius 1 is 0.552 bits per heavy atom. The Morgan fingerprint density at radius 3 is 1.29 bits per heavy atom. The van der Waals surface area contributed by atoms with Crippen LogP contribution < -0.4 is 14.7 Å². The van der Waals surface area contributed by atoms with E-state index in [0.29, 0.717) is 10.3 Å². The lowest BCUT2D eigenvalue weighted by Gasteiger charge is -2.22. The molecule has 0 aliphatic carbocycles. The number of aryl methyl sites for hydroxylation is 2. The molecule has 0 spiro atoms. The van der Waals surface area contributed by atoms with E-state index in [2.05, 4.69) is 53.4 Å². The van der Waals surface area contributed by atoms with Crippen molar-refractivity contribution < 1.29 is 19.8 Å². The van der Waals surface area contributed by atoms with Crippen LogP contribution >= 0.6 is 22.7 Å². The SMILES string of the molecule is Cc1ccc(N(CCC(=O)O)c2nc(-c3ccccc3)c(C(c3ccc(N(C)C)cc3)c3sc(N(CCC(=O)O)c4ccc(C)cc4)nc3-c3ccccc3)s2)cc1. The largest absolute Gasteiger partial charge is 0.481 e. The monoisotopic (exact) mass is 807 g/mol. The Morgan fingerprint density at radius 2 is 0.931 bits per heavy atom. The number of benzene rings is 5. The van der Waals surface area contributed by atoms with Gasteiger partial charge in [-0.25, -0.2) is 9.97 Å². The fourth-order valence-electron chi connectivity index (χ4n) is 6.79. The summed E-state index contributed by atoms with van der Waals surface area (Å²) in [5.41, 5.74) is 9.47. The van der Waals surface area contributed by atoms with Crippen molar-refractivity contribution in [1.29, 1.82) is 0 Å². The molecule has 2 aromatic heterocycles. The van der Waals surface area contributed by atoms with Gasteiger partial charge in [0.1, 0.15) is 0 Å². The van der Waals surface area contributed by atoms with Gasteiger partial charge in [-0.05, 0) is 55.8 Å². The number of hydrogen-bond acceptors (Lipinski definition) is 9. The molecule has 9 nitrogen and oxygen atoms in total. The van der Waals surface area contributed by atoms with Crippen molar-refractivity contribution in [2.24, 2.45) is 0 Å². The number of carboxylic acids is 2. The van der Waals surface area contributed by atoms with Gasteiger partial charge in [-0.1, -0.05) is 131 Å². The number of nitrogens with zero attached hydrogens (tertiary/aromatic N) is 5. The van der Waals surface area contributed by atoms with E-state index in [1.54, 1.807) is 22.7 Å². The van der Waals surface area contributed by atoms with Crippen molar-refractivity contribution >= 4 is 61.9 Å². The molecule has 0 unspecified atom stereocenters. The molecule has 0 saturated heterocycles. The molecular formula is C47H45N5O4S2. The van der Waals surface area contributed by atoms with Gasteiger partial charge in [-0.15, -0.1) is 0 Å². The minimum atomic E-state index is -0.887. The van der Waals surface area contributed by atoms with E-state index in [1.807, 2.05) is 123 Å². The third-order valence-corrected chi connectivity index (χ3v) is 12.2. The lowest BCUT2D eigenvalue weighted by molar-refractivity contribution is -0.137. The molecule has 0 atom stereocenters. The van der Waals surface area contributed by atoms with Crippen LogP contribution in [0, 0.1) is 13.8 Å². The van der Waals surface area contributed by atoms with Gasteiger partial charge < -0.3 is 24.9 Å². The summed E-state index contributed by atoms with van der Waals surface area (Å²) in [6, 6.07) is 44.9. The molecule has 0 aliphatic heterocycles. The highest BCUT2D eigenvalue weighted by atomic mass is 32.1. The second kappa shape index (κ2) is 17.9. The zero-order chi connectivity index (χ0) is 40.8. The topological polar surface area (TPSA) is 110 Å². The highest BCUT2D eigenvalue weighted by Crippen LogP contribution is 2.50. The standard InChI is InChI=1S/C47H45N5O4S2/c1-31-15-21-37(22-16-31)51(29-27-39(53)54)46-48-42(34-11-7-5-8-12-34)44(57-46)41(33-19-25-36(26-20-33)50(3)4)45-43(35-13-9-6-10-14-35)49-47(58-45)52(30-28-40(55)56)38-23-17-32(2)18-24-38/h5-26,41H,27-30H2,1-4H3,(H,53,54)(H,55,56). The molecule has 0 bridgehead atoms. The molecule has 0 saturated carbocycles. The van der Waals surface area contributed by atoms with E-state index in [0.717, 1.165) is 66.0 Å². The van der Waals surface area contributed by atoms with Crippen molar-refractivity contribution in [2.75, 3.05) is 41.9 Å². The van der Waals surface area contributed by atoms with Gasteiger partial charge in [0.2, 0.25) is 0 Å². The van der Waals surface area contributed by atoms with Crippen molar-refractivity contribution in [3.05, 3.63) is 160 Å². The lowest BCUT2D eigenvalue weighted by atomic mass is 9.91. The lowest BCUT2D eigenvalue weighted by Crippen LogP contribution is -2.20. The molecule has 2 heterocycles. The number of anilines is 5. The Kier molecular flexibility index (Phi) is 12.3. The fourth-order valence-corrected chi connectivity index (χ4v) is 9.41. The van der Waals surface area contributed by atoms with Crippen LogP contribution in [0.4, 0.5) is 27.3 Å². The smallest absolute Gasteiger partial charge is 0.305 e. The Labute approximate surface area is 347 Å². The van der Waals surface area contributed by atoms with Crippen LogP contribution in [-0.2, 0) is 9.59 Å². The fraction of sp³-hybridized carbons (Fsp3) is 0.191. The maximum Gasteiger partial charge on any atom is 0.305 e. The molecule has 0 amide bonds. The van der Waals surface area contributed by atoms with Crippen molar-refractivity contribution in [2.45, 2.75) is 32.6 Å². The molecule has 0 fully saturated rings. The van der Waals surface area contributed by atoms with Crippen LogP contribution in [-0.4, -0.2) is 59.3 Å². The third kappa shape index (κ3) is 9.12. The summed E-state index contributed by atoms with van der Waals surface area (Å²) in [7, 11) is 4.04. The van der Waals surface area contributed by atoms with Gasteiger partial charge >= 0.3 is 11.9 Å². The molecule has 7 aromatic rings. The summed E-state index contributed by atoms with van der Waals surface area (Å²) in [6.45, 7) is 4.53. The molecule has 7 rings (SSSR count). The van der Waals surface area contributed by atoms with E-state index in [4.69, 9.17) is 9.97 Å². The Balaban J connectivity index is 1.51. The van der Waals surface area contributed by atoms with Gasteiger partial charge in [0.05, 0.1) is 30.1 Å². The number of aliphatic carboxylic acids is 2. The number of thiazole rings is 2. The average Bonchev–Trinajstić information content (AvgIpc) is 3.86. The highest BCUT2D eigenvalue weighted by molar-refractivity contribution is 7.18. The van der Waals surface area contributed by atoms with E-state index >= 15 is 0 Å². The minimum absolute atomic E-state index is 0.0690. The highest BCUT2D eigenvalue weighted by Gasteiger charge is 2.33. The maximum absolute atomic E-state index is 12.0. The number of carboxylic acid groups (broad SMARTS) is 2. The zero-order valence-corrected chi connectivity index (χ0v) is 34.5. The predicted molar refractivity (Wildman–Crippen MR) is 238 cm³/mol. The molecule has 11 heteroatoms. The van der Waals surface area contributed by atoms with E-state index in [1.165, 1.54) is 0 Å². The second-order valence-corrected chi connectivity index (χ2v) is 16.3. The second-order valence-electron chi connectivity index (χ2n) is 14.3. The Bertz CT molecular complexity index is 2320. The van der Waals surface area contributed by atoms with Crippen LogP contribution in [0.5, 0.6) is 0 Å². The zero-order valence-electron chi connectivity index (χ0n) is 32.9. The van der Waals surface area contributed by atoms with Crippen molar-refractivity contribution in [3.63, 3.8) is 0 Å². The van der Waals surface area contributed by atoms with Gasteiger partial charge in [-0.3, -0.25) is 9.59 Å². The van der Waals surface area contributed by atoms with Gasteiger partial charge in [0.25, 0.3) is 0 Å². The van der Waals surface area contributed by atoms with E-state index in [9.17, 15) is 19.8 Å². The van der Waals surface area contributed by atoms with Crippen LogP contribution in [0.15, 0.2) is 133 Å². The molecule has 2 N–H and O–H groups in total. The quantitative estimate of drug-likeness (QED) is 0.0986. The van der Waals surface area contributed by atoms with E-state index in [-0.39, 0.29) is 31.8 Å². The molecular weight excluding hydrogens is 763 g/mol. The molecule has 0 radical (unpaired) electrons. The summed E-state index contributed by atoms with van der Waals surface area (Å²) in [6.07, 6.45) is -0.138. The normalized spacial score (nSPS) is 11.1. The van der Waals surface area contributed by atoms with Crippen LogP contribution in [0.1, 0.15) is 45.2 Å². The first-order valence-electron chi connectivity index (χ1n) is 19.1. The predicted octanol–water partition coefficient (Wildman–Crippen LogP) is 11.0. The number of carbonyl (C=O) groups is 2. The van der Waals surface area contributed by atoms with Crippen LogP contribution in [0.2, 0.25) is 0 Å². The first kappa shape index (κ1) is 39.9. The summed E-state index contributed by atoms with van der Waals surface area (Å²) in [4.78, 5) is 42.8. The van der Waals surface area contributed by atoms with Crippen LogP contribution in [0.25, 0.3) is 22.5 Å². The molecule has 294 valence electrons. The number of aromatic nitrogens is 2. The minimum Gasteiger partial charge on any atom is -0.481 e. The molecule has 0 aliphatic rings. The average molecular weight is 808 g/mol. The molecule has 5 aromatic carbocycles. The number of rotatable bonds is 16. The number of hydrogen-bond donors (Lipinski definition) is 2. The maximum atomic E-state index is 12.0. The summed E-state index contributed by atoms with van der Waals surface area (Å²) in [5, 5.41) is 21.1. The molecule has 58 heavy (non-hydrogen) atoms. The van der Waals surface area contributed by atoms with E-state index < -0.39 is 11.9 Å². The first-order valence-corrected chi connectivity index (χ1v) is 20.7. The third-order valence-electron chi connectivity index (χ3n) is 9.90. The summed E-state index contributed by atoms with van der Waals surface area (Å²) >= 11 is 3.11. The summed E-state index contributed by atoms with van der Waals surface area (Å²) in [5.74, 6) is -2.14. The summed E-state index contributed by atoms with van der Waals surface area (Å²) < 4.78 is 0. The van der Waals surface area contributed by atoms with Gasteiger partial charge in [0, 0.05) is 65.1 Å². The Hall–Kier alpha value is -6.30. The first-order chi connectivity index (χ1) is 28.0. The van der Waals surface area contributed by atoms with Crippen molar-refractivity contribution in [1.82, 2.24) is 9.97 Å². The van der Waals surface area contributed by atoms with Crippen molar-refractivity contribution in [3.8, 4) is 22.5 Å². The van der Waals surface area contributed by atoms with Crippen LogP contribution in [0.3, 0.4) is 0 Å². The van der Waals surface area contributed by atoms with Gasteiger partial charge in [-0.2, -0.15) is 0 Å².